The van der Waals surface area contributed by atoms with Crippen molar-refractivity contribution in [2.24, 2.45) is 5.92 Å². The summed E-state index contributed by atoms with van der Waals surface area (Å²) in [6, 6.07) is 7.65. The van der Waals surface area contributed by atoms with Gasteiger partial charge in [-0.2, -0.15) is 0 Å². The highest BCUT2D eigenvalue weighted by atomic mass is 35.5. The molecule has 3 rings (SSSR count). The van der Waals surface area contributed by atoms with Crippen molar-refractivity contribution < 1.29 is 18.4 Å². The fraction of sp³-hybridized carbons (Fsp3) is 0.211. The predicted octanol–water partition coefficient (Wildman–Crippen LogP) is 4.62. The minimum atomic E-state index is -1.01. The Balaban J connectivity index is 1.78. The van der Waals surface area contributed by atoms with Crippen LogP contribution in [0.1, 0.15) is 24.2 Å². The Bertz CT molecular complexity index is 1020. The zero-order valence-corrected chi connectivity index (χ0v) is 16.5. The number of nitrogens with one attached hydrogen (secondary N) is 2. The molecule has 0 radical (unpaired) electrons. The highest BCUT2D eigenvalue weighted by molar-refractivity contribution is 7.22. The van der Waals surface area contributed by atoms with E-state index in [9.17, 15) is 18.4 Å². The van der Waals surface area contributed by atoms with E-state index in [1.165, 1.54) is 0 Å². The van der Waals surface area contributed by atoms with Crippen LogP contribution in [0.2, 0.25) is 5.02 Å². The monoisotopic (exact) mass is 423 g/mol. The molecule has 0 fully saturated rings. The molecule has 0 aliphatic carbocycles. The Morgan fingerprint density at radius 1 is 1.14 bits per heavy atom. The molecule has 0 spiro atoms. The zero-order chi connectivity index (χ0) is 20.4. The average molecular weight is 424 g/mol. The first kappa shape index (κ1) is 20.2. The molecule has 0 aliphatic heterocycles. The second-order valence-corrected chi connectivity index (χ2v) is 7.86. The summed E-state index contributed by atoms with van der Waals surface area (Å²) in [5.41, 5.74) is 0.494. The molecule has 2 amide bonds. The lowest BCUT2D eigenvalue weighted by atomic mass is 10.0. The van der Waals surface area contributed by atoms with Crippen LogP contribution in [0.25, 0.3) is 10.2 Å². The highest BCUT2D eigenvalue weighted by Gasteiger charge is 2.26. The Morgan fingerprint density at radius 3 is 2.50 bits per heavy atom. The van der Waals surface area contributed by atoms with Crippen molar-refractivity contribution in [3.63, 3.8) is 0 Å². The summed E-state index contributed by atoms with van der Waals surface area (Å²) in [4.78, 5) is 29.3. The standard InChI is InChI=1S/C19H16ClF2N3O2S/c1-9(2)16(24-17(26)10-5-3-4-6-11(10)20)18(27)25-19-23-14-7-12(21)13(22)8-15(14)28-19/h3-9,16H,1-2H3,(H,24,26)(H,23,25,27). The lowest BCUT2D eigenvalue weighted by molar-refractivity contribution is -0.118. The van der Waals surface area contributed by atoms with Gasteiger partial charge in [-0.3, -0.25) is 9.59 Å². The summed E-state index contributed by atoms with van der Waals surface area (Å²) >= 11 is 7.04. The molecule has 0 saturated heterocycles. The normalized spacial score (nSPS) is 12.2. The van der Waals surface area contributed by atoms with Crippen LogP contribution in [0.3, 0.4) is 0 Å². The average Bonchev–Trinajstić information content (AvgIpc) is 3.00. The Hall–Kier alpha value is -2.58. The maximum absolute atomic E-state index is 13.4. The summed E-state index contributed by atoms with van der Waals surface area (Å²) < 4.78 is 27.1. The maximum Gasteiger partial charge on any atom is 0.253 e. The number of hydrogen-bond acceptors (Lipinski definition) is 4. The van der Waals surface area contributed by atoms with Gasteiger partial charge in [-0.25, -0.2) is 13.8 Å². The first-order chi connectivity index (χ1) is 13.3. The topological polar surface area (TPSA) is 71.1 Å². The van der Waals surface area contributed by atoms with E-state index in [-0.39, 0.29) is 27.2 Å². The van der Waals surface area contributed by atoms with Gasteiger partial charge in [0.05, 0.1) is 20.8 Å². The lowest BCUT2D eigenvalue weighted by Crippen LogP contribution is -2.47. The van der Waals surface area contributed by atoms with Gasteiger partial charge in [-0.1, -0.05) is 48.9 Å². The van der Waals surface area contributed by atoms with E-state index >= 15 is 0 Å². The second-order valence-electron chi connectivity index (χ2n) is 6.42. The van der Waals surface area contributed by atoms with Gasteiger partial charge in [0.25, 0.3) is 5.91 Å². The van der Waals surface area contributed by atoms with E-state index in [1.54, 1.807) is 38.1 Å². The van der Waals surface area contributed by atoms with Gasteiger partial charge in [0.15, 0.2) is 16.8 Å². The quantitative estimate of drug-likeness (QED) is 0.629. The Labute approximate surface area is 168 Å². The molecule has 1 unspecified atom stereocenters. The number of anilines is 1. The number of carbonyl (C=O) groups is 2. The smallest absolute Gasteiger partial charge is 0.253 e. The molecule has 5 nitrogen and oxygen atoms in total. The minimum absolute atomic E-state index is 0.183. The van der Waals surface area contributed by atoms with Gasteiger partial charge in [0.2, 0.25) is 5.91 Å². The summed E-state index contributed by atoms with van der Waals surface area (Å²) in [6.45, 7) is 3.56. The lowest BCUT2D eigenvalue weighted by Gasteiger charge is -2.21. The molecule has 2 aromatic carbocycles. The summed E-state index contributed by atoms with van der Waals surface area (Å²) in [7, 11) is 0. The van der Waals surface area contributed by atoms with E-state index in [1.807, 2.05) is 0 Å². The van der Waals surface area contributed by atoms with Crippen molar-refractivity contribution in [3.8, 4) is 0 Å². The number of halogens is 3. The van der Waals surface area contributed by atoms with Crippen molar-refractivity contribution in [1.29, 1.82) is 0 Å². The third-order valence-corrected chi connectivity index (χ3v) is 5.28. The minimum Gasteiger partial charge on any atom is -0.340 e. The summed E-state index contributed by atoms with van der Waals surface area (Å²) in [5, 5.41) is 5.73. The molecule has 28 heavy (non-hydrogen) atoms. The molecule has 1 aromatic heterocycles. The number of hydrogen-bond donors (Lipinski definition) is 2. The van der Waals surface area contributed by atoms with Crippen LogP contribution < -0.4 is 10.6 Å². The van der Waals surface area contributed by atoms with Gasteiger partial charge < -0.3 is 10.6 Å². The van der Waals surface area contributed by atoms with Crippen LogP contribution in [0, 0.1) is 17.6 Å². The van der Waals surface area contributed by atoms with Crippen molar-refractivity contribution >= 4 is 50.1 Å². The molecule has 146 valence electrons. The fourth-order valence-electron chi connectivity index (χ4n) is 2.56. The molecule has 2 N–H and O–H groups in total. The Kier molecular flexibility index (Phi) is 5.90. The van der Waals surface area contributed by atoms with Gasteiger partial charge >= 0.3 is 0 Å². The second kappa shape index (κ2) is 8.20. The van der Waals surface area contributed by atoms with Crippen molar-refractivity contribution in [2.45, 2.75) is 19.9 Å². The number of nitrogens with zero attached hydrogens (tertiary/aromatic N) is 1. The van der Waals surface area contributed by atoms with E-state index in [4.69, 9.17) is 11.6 Å². The van der Waals surface area contributed by atoms with Crippen molar-refractivity contribution in [3.05, 3.63) is 58.6 Å². The van der Waals surface area contributed by atoms with E-state index in [2.05, 4.69) is 15.6 Å². The van der Waals surface area contributed by atoms with E-state index < -0.39 is 29.5 Å². The van der Waals surface area contributed by atoms with Gasteiger partial charge in [0.1, 0.15) is 6.04 Å². The predicted molar refractivity (Wildman–Crippen MR) is 106 cm³/mol. The molecule has 0 aliphatic rings. The van der Waals surface area contributed by atoms with Crippen molar-refractivity contribution in [2.75, 3.05) is 5.32 Å². The number of carbonyl (C=O) groups excluding carboxylic acids is 2. The number of benzene rings is 2. The molecule has 3 aromatic rings. The fourth-order valence-corrected chi connectivity index (χ4v) is 3.66. The van der Waals surface area contributed by atoms with E-state index in [0.717, 1.165) is 23.5 Å². The molecular weight excluding hydrogens is 408 g/mol. The van der Waals surface area contributed by atoms with Crippen LogP contribution in [0.5, 0.6) is 0 Å². The molecular formula is C19H16ClF2N3O2S. The largest absolute Gasteiger partial charge is 0.340 e. The zero-order valence-electron chi connectivity index (χ0n) is 14.9. The first-order valence-electron chi connectivity index (χ1n) is 8.38. The molecule has 0 bridgehead atoms. The first-order valence-corrected chi connectivity index (χ1v) is 9.57. The van der Waals surface area contributed by atoms with Crippen LogP contribution in [0.15, 0.2) is 36.4 Å². The Morgan fingerprint density at radius 2 is 1.82 bits per heavy atom. The highest BCUT2D eigenvalue weighted by Crippen LogP contribution is 2.28. The number of rotatable bonds is 5. The van der Waals surface area contributed by atoms with Gasteiger partial charge in [-0.15, -0.1) is 0 Å². The van der Waals surface area contributed by atoms with Crippen LogP contribution >= 0.6 is 22.9 Å². The molecule has 1 atom stereocenters. The van der Waals surface area contributed by atoms with Crippen molar-refractivity contribution in [1.82, 2.24) is 10.3 Å². The molecule has 0 saturated carbocycles. The van der Waals surface area contributed by atoms with E-state index in [0.29, 0.717) is 4.70 Å². The van der Waals surface area contributed by atoms with Gasteiger partial charge in [-0.05, 0) is 24.1 Å². The molecule has 1 heterocycles. The van der Waals surface area contributed by atoms with Crippen LogP contribution in [-0.2, 0) is 4.79 Å². The summed E-state index contributed by atoms with van der Waals surface area (Å²) in [6.07, 6.45) is 0. The number of aromatic nitrogens is 1. The number of thiazole rings is 1. The van der Waals surface area contributed by atoms with Gasteiger partial charge in [0, 0.05) is 6.07 Å². The third kappa shape index (κ3) is 4.28. The number of fused-ring (bicyclic) bond motifs is 1. The van der Waals surface area contributed by atoms with Crippen LogP contribution in [0.4, 0.5) is 13.9 Å². The number of amides is 2. The SMILES string of the molecule is CC(C)C(NC(=O)c1ccccc1Cl)C(=O)Nc1nc2cc(F)c(F)cc2s1. The summed E-state index contributed by atoms with van der Waals surface area (Å²) in [5.74, 6) is -3.19. The molecule has 9 heteroatoms. The maximum atomic E-state index is 13.4. The van der Waals surface area contributed by atoms with Crippen LogP contribution in [-0.4, -0.2) is 22.8 Å². The third-order valence-electron chi connectivity index (χ3n) is 4.01.